The molecule has 3 N–H and O–H groups in total. The number of aliphatic hydroxyl groups excluding tert-OH is 1. The summed E-state index contributed by atoms with van der Waals surface area (Å²) in [4.78, 5) is 12.7. The number of thiophene rings is 1. The lowest BCUT2D eigenvalue weighted by molar-refractivity contribution is -0.113. The van der Waals surface area contributed by atoms with Gasteiger partial charge in [0, 0.05) is 23.6 Å². The van der Waals surface area contributed by atoms with Crippen LogP contribution in [0.3, 0.4) is 0 Å². The predicted octanol–water partition coefficient (Wildman–Crippen LogP) is 2.99. The molecule has 116 valence electrons. The lowest BCUT2D eigenvalue weighted by atomic mass is 9.84. The van der Waals surface area contributed by atoms with E-state index in [0.717, 1.165) is 18.5 Å². The Morgan fingerprint density at radius 2 is 2.29 bits per heavy atom. The van der Waals surface area contributed by atoms with E-state index in [4.69, 9.17) is 0 Å². The van der Waals surface area contributed by atoms with Crippen LogP contribution in [0.4, 0.5) is 5.69 Å². The summed E-state index contributed by atoms with van der Waals surface area (Å²) in [6.07, 6.45) is 4.74. The molecule has 0 bridgehead atoms. The first kappa shape index (κ1) is 15.3. The van der Waals surface area contributed by atoms with Gasteiger partial charge in [0.2, 0.25) is 5.91 Å². The molecular formula is C15H22N2O2S2. The molecule has 0 saturated heterocycles. The molecule has 1 saturated carbocycles. The Morgan fingerprint density at radius 3 is 3.10 bits per heavy atom. The molecule has 3 atom stereocenters. The first-order chi connectivity index (χ1) is 10.2. The highest BCUT2D eigenvalue weighted by atomic mass is 32.2. The van der Waals surface area contributed by atoms with E-state index in [2.05, 4.69) is 23.6 Å². The molecule has 2 aliphatic rings. The van der Waals surface area contributed by atoms with Crippen molar-refractivity contribution in [1.82, 2.24) is 5.32 Å². The third-order valence-corrected chi connectivity index (χ3v) is 6.96. The lowest BCUT2D eigenvalue weighted by Crippen LogP contribution is -2.41. The largest absolute Gasteiger partial charge is 0.396 e. The molecule has 1 fully saturated rings. The summed E-state index contributed by atoms with van der Waals surface area (Å²) in [5, 5.41) is 16.1. The maximum Gasteiger partial charge on any atom is 0.234 e. The number of hydrogen-bond acceptors (Lipinski definition) is 5. The van der Waals surface area contributed by atoms with Crippen molar-refractivity contribution in [2.24, 2.45) is 5.92 Å². The maximum atomic E-state index is 11.4. The molecule has 4 nitrogen and oxygen atoms in total. The van der Waals surface area contributed by atoms with Gasteiger partial charge in [0.15, 0.2) is 0 Å². The minimum Gasteiger partial charge on any atom is -0.396 e. The van der Waals surface area contributed by atoms with Gasteiger partial charge in [-0.25, -0.2) is 0 Å². The highest BCUT2D eigenvalue weighted by Crippen LogP contribution is 2.41. The molecule has 3 rings (SSSR count). The third kappa shape index (κ3) is 3.44. The Morgan fingerprint density at radius 1 is 1.48 bits per heavy atom. The summed E-state index contributed by atoms with van der Waals surface area (Å²) < 4.78 is 1.21. The molecule has 1 aromatic heterocycles. The molecule has 1 aliphatic carbocycles. The van der Waals surface area contributed by atoms with Crippen LogP contribution in [0.5, 0.6) is 0 Å². The Bertz CT molecular complexity index is 518. The predicted molar refractivity (Wildman–Crippen MR) is 88.1 cm³/mol. The first-order valence-electron chi connectivity index (χ1n) is 7.60. The number of carbonyl (C=O) groups is 1. The van der Waals surface area contributed by atoms with E-state index < -0.39 is 0 Å². The van der Waals surface area contributed by atoms with E-state index >= 15 is 0 Å². The number of anilines is 1. The molecule has 3 unspecified atom stereocenters. The summed E-state index contributed by atoms with van der Waals surface area (Å²) in [7, 11) is 0. The summed E-state index contributed by atoms with van der Waals surface area (Å²) in [5.41, 5.74) is 0.965. The summed E-state index contributed by atoms with van der Waals surface area (Å²) in [6.45, 7) is 2.45. The molecule has 21 heavy (non-hydrogen) atoms. The number of thioether (sulfide) groups is 1. The zero-order valence-corrected chi connectivity index (χ0v) is 13.9. The number of fused-ring (bicyclic) bond motifs is 1. The fourth-order valence-corrected chi connectivity index (χ4v) is 5.32. The quantitative estimate of drug-likeness (QED) is 0.796. The van der Waals surface area contributed by atoms with Gasteiger partial charge >= 0.3 is 0 Å². The number of amides is 1. The normalized spacial score (nSPS) is 27.0. The van der Waals surface area contributed by atoms with Gasteiger partial charge in [-0.05, 0) is 31.7 Å². The van der Waals surface area contributed by atoms with Crippen molar-refractivity contribution in [3.8, 4) is 0 Å². The topological polar surface area (TPSA) is 61.4 Å². The van der Waals surface area contributed by atoms with E-state index in [-0.39, 0.29) is 18.6 Å². The Hall–Kier alpha value is -0.560. The minimum absolute atomic E-state index is 0.0880. The van der Waals surface area contributed by atoms with E-state index in [1.165, 1.54) is 21.9 Å². The number of rotatable bonds is 4. The van der Waals surface area contributed by atoms with Crippen molar-refractivity contribution < 1.29 is 9.90 Å². The molecule has 1 aromatic rings. The van der Waals surface area contributed by atoms with E-state index in [1.54, 1.807) is 23.1 Å². The second-order valence-electron chi connectivity index (χ2n) is 5.91. The summed E-state index contributed by atoms with van der Waals surface area (Å²) in [5.74, 6) is 0.985. The smallest absolute Gasteiger partial charge is 0.234 e. The van der Waals surface area contributed by atoms with Crippen LogP contribution in [0.1, 0.15) is 43.5 Å². The van der Waals surface area contributed by atoms with E-state index in [9.17, 15) is 9.90 Å². The number of hydrogen-bond donors (Lipinski definition) is 3. The standard InChI is InChI=1S/C15H22N2O2S2/c1-9(16-11-5-3-2-4-10(11)7-18)13-6-12-15(21-13)20-8-14(19)17-12/h6,9-11,16,18H,2-5,7-8H2,1H3,(H,17,19). The van der Waals surface area contributed by atoms with Gasteiger partial charge in [-0.2, -0.15) is 0 Å². The van der Waals surface area contributed by atoms with Crippen LogP contribution in [0, 0.1) is 5.92 Å². The van der Waals surface area contributed by atoms with Crippen molar-refractivity contribution in [2.75, 3.05) is 17.7 Å². The van der Waals surface area contributed by atoms with Gasteiger partial charge in [0.05, 0.1) is 15.6 Å². The summed E-state index contributed by atoms with van der Waals surface area (Å²) >= 11 is 3.39. The van der Waals surface area contributed by atoms with Gasteiger partial charge < -0.3 is 15.7 Å². The lowest BCUT2D eigenvalue weighted by Gasteiger charge is -2.33. The Kier molecular flexibility index (Phi) is 4.88. The van der Waals surface area contributed by atoms with E-state index in [1.807, 2.05) is 0 Å². The molecule has 2 heterocycles. The first-order valence-corrected chi connectivity index (χ1v) is 9.41. The average molecular weight is 326 g/mol. The van der Waals surface area contributed by atoms with Crippen LogP contribution in [0.2, 0.25) is 0 Å². The fraction of sp³-hybridized carbons (Fsp3) is 0.667. The van der Waals surface area contributed by atoms with Crippen molar-refractivity contribution in [1.29, 1.82) is 0 Å². The zero-order chi connectivity index (χ0) is 14.8. The van der Waals surface area contributed by atoms with Gasteiger partial charge in [0.1, 0.15) is 0 Å². The number of nitrogens with one attached hydrogen (secondary N) is 2. The second-order valence-corrected chi connectivity index (χ2v) is 8.24. The minimum atomic E-state index is 0.0880. The zero-order valence-electron chi connectivity index (χ0n) is 12.2. The number of carbonyl (C=O) groups excluding carboxylic acids is 1. The van der Waals surface area contributed by atoms with Crippen LogP contribution in [0.25, 0.3) is 0 Å². The van der Waals surface area contributed by atoms with Crippen LogP contribution in [-0.2, 0) is 4.79 Å². The van der Waals surface area contributed by atoms with Crippen LogP contribution in [0.15, 0.2) is 10.3 Å². The SMILES string of the molecule is CC(NC1CCCCC1CO)c1cc2c(s1)SCC(=O)N2. The van der Waals surface area contributed by atoms with E-state index in [0.29, 0.717) is 17.7 Å². The van der Waals surface area contributed by atoms with Crippen molar-refractivity contribution in [2.45, 2.75) is 48.9 Å². The molecule has 0 aromatic carbocycles. The molecule has 6 heteroatoms. The molecule has 1 amide bonds. The highest BCUT2D eigenvalue weighted by Gasteiger charge is 2.27. The maximum absolute atomic E-state index is 11.4. The monoisotopic (exact) mass is 326 g/mol. The van der Waals surface area contributed by atoms with Crippen molar-refractivity contribution >= 4 is 34.7 Å². The Balaban J connectivity index is 1.67. The van der Waals surface area contributed by atoms with Gasteiger partial charge in [-0.15, -0.1) is 23.1 Å². The van der Waals surface area contributed by atoms with Gasteiger partial charge in [0.25, 0.3) is 0 Å². The van der Waals surface area contributed by atoms with Crippen molar-refractivity contribution in [3.63, 3.8) is 0 Å². The van der Waals surface area contributed by atoms with Crippen molar-refractivity contribution in [3.05, 3.63) is 10.9 Å². The highest BCUT2D eigenvalue weighted by molar-refractivity contribution is 8.02. The molecule has 0 spiro atoms. The molecular weight excluding hydrogens is 304 g/mol. The molecule has 0 radical (unpaired) electrons. The fourth-order valence-electron chi connectivity index (χ4n) is 3.17. The molecule has 1 aliphatic heterocycles. The average Bonchev–Trinajstić information content (AvgIpc) is 2.91. The third-order valence-electron chi connectivity index (χ3n) is 4.36. The van der Waals surface area contributed by atoms with Gasteiger partial charge in [-0.1, -0.05) is 12.8 Å². The number of aliphatic hydroxyl groups is 1. The van der Waals surface area contributed by atoms with Gasteiger partial charge in [-0.3, -0.25) is 4.79 Å². The van der Waals surface area contributed by atoms with Crippen LogP contribution < -0.4 is 10.6 Å². The van der Waals surface area contributed by atoms with Crippen LogP contribution in [-0.4, -0.2) is 29.4 Å². The Labute approximate surface area is 133 Å². The second kappa shape index (κ2) is 6.69. The van der Waals surface area contributed by atoms with Crippen LogP contribution >= 0.6 is 23.1 Å². The summed E-state index contributed by atoms with van der Waals surface area (Å²) in [6, 6.07) is 2.76.